The molecular formula is C10H19NO. The van der Waals surface area contributed by atoms with Crippen LogP contribution in [0, 0.1) is 11.8 Å². The fraction of sp³-hybridized carbons (Fsp3) is 0.900. The Bertz CT molecular complexity index is 167. The molecule has 0 aliphatic carbocycles. The van der Waals surface area contributed by atoms with E-state index < -0.39 is 0 Å². The van der Waals surface area contributed by atoms with E-state index in [4.69, 9.17) is 0 Å². The zero-order chi connectivity index (χ0) is 9.14. The Balaban J connectivity index is 2.56. The summed E-state index contributed by atoms with van der Waals surface area (Å²) in [6.45, 7) is 5.23. The number of rotatable bonds is 0. The van der Waals surface area contributed by atoms with Crippen LogP contribution >= 0.6 is 0 Å². The van der Waals surface area contributed by atoms with Crippen LogP contribution in [-0.4, -0.2) is 24.4 Å². The number of nitrogens with zero attached hydrogens (tertiary/aromatic N) is 1. The molecule has 2 atom stereocenters. The maximum Gasteiger partial charge on any atom is 0.225 e. The first-order valence-electron chi connectivity index (χ1n) is 4.86. The van der Waals surface area contributed by atoms with E-state index >= 15 is 0 Å². The molecule has 1 amide bonds. The van der Waals surface area contributed by atoms with Crippen LogP contribution in [0.25, 0.3) is 0 Å². The SMILES string of the molecule is CC1CCCN(C)C(=O)C(C)C1. The molecule has 1 rings (SSSR count). The summed E-state index contributed by atoms with van der Waals surface area (Å²) in [6, 6.07) is 0. The normalized spacial score (nSPS) is 32.9. The molecule has 0 spiro atoms. The maximum atomic E-state index is 11.6. The lowest BCUT2D eigenvalue weighted by atomic mass is 9.91. The van der Waals surface area contributed by atoms with Crippen molar-refractivity contribution in [2.75, 3.05) is 13.6 Å². The van der Waals surface area contributed by atoms with Gasteiger partial charge >= 0.3 is 0 Å². The molecule has 12 heavy (non-hydrogen) atoms. The van der Waals surface area contributed by atoms with Crippen LogP contribution in [-0.2, 0) is 4.79 Å². The van der Waals surface area contributed by atoms with Crippen molar-refractivity contribution in [1.29, 1.82) is 0 Å². The highest BCUT2D eigenvalue weighted by molar-refractivity contribution is 5.78. The molecule has 70 valence electrons. The largest absolute Gasteiger partial charge is 0.346 e. The third-order valence-corrected chi connectivity index (χ3v) is 2.74. The highest BCUT2D eigenvalue weighted by Crippen LogP contribution is 2.21. The molecule has 1 aliphatic heterocycles. The Kier molecular flexibility index (Phi) is 3.12. The maximum absolute atomic E-state index is 11.6. The van der Waals surface area contributed by atoms with E-state index in [1.165, 1.54) is 6.42 Å². The van der Waals surface area contributed by atoms with Crippen molar-refractivity contribution in [3.05, 3.63) is 0 Å². The van der Waals surface area contributed by atoms with Crippen LogP contribution in [0.3, 0.4) is 0 Å². The van der Waals surface area contributed by atoms with E-state index in [1.54, 1.807) is 0 Å². The van der Waals surface area contributed by atoms with E-state index in [0.717, 1.165) is 25.3 Å². The minimum atomic E-state index is 0.227. The summed E-state index contributed by atoms with van der Waals surface area (Å²) in [5.41, 5.74) is 0. The van der Waals surface area contributed by atoms with E-state index in [0.29, 0.717) is 5.91 Å². The van der Waals surface area contributed by atoms with Crippen molar-refractivity contribution in [2.45, 2.75) is 33.1 Å². The molecule has 2 unspecified atom stereocenters. The average molecular weight is 169 g/mol. The van der Waals surface area contributed by atoms with Gasteiger partial charge in [0.1, 0.15) is 0 Å². The third kappa shape index (κ3) is 2.23. The monoisotopic (exact) mass is 169 g/mol. The Morgan fingerprint density at radius 2 is 2.08 bits per heavy atom. The summed E-state index contributed by atoms with van der Waals surface area (Å²) in [5, 5.41) is 0. The number of hydrogen-bond acceptors (Lipinski definition) is 1. The summed E-state index contributed by atoms with van der Waals surface area (Å²) >= 11 is 0. The van der Waals surface area contributed by atoms with Crippen LogP contribution < -0.4 is 0 Å². The first kappa shape index (κ1) is 9.56. The molecule has 0 radical (unpaired) electrons. The zero-order valence-electron chi connectivity index (χ0n) is 8.34. The average Bonchev–Trinajstić information content (AvgIpc) is 2.01. The van der Waals surface area contributed by atoms with Crippen LogP contribution in [0.2, 0.25) is 0 Å². The van der Waals surface area contributed by atoms with E-state index in [2.05, 4.69) is 6.92 Å². The minimum absolute atomic E-state index is 0.227. The smallest absolute Gasteiger partial charge is 0.225 e. The van der Waals surface area contributed by atoms with Gasteiger partial charge in [-0.3, -0.25) is 4.79 Å². The lowest BCUT2D eigenvalue weighted by Gasteiger charge is -2.27. The third-order valence-electron chi connectivity index (χ3n) is 2.74. The highest BCUT2D eigenvalue weighted by Gasteiger charge is 2.21. The summed E-state index contributed by atoms with van der Waals surface area (Å²) in [4.78, 5) is 13.4. The van der Waals surface area contributed by atoms with Gasteiger partial charge in [-0.15, -0.1) is 0 Å². The minimum Gasteiger partial charge on any atom is -0.346 e. The lowest BCUT2D eigenvalue weighted by molar-refractivity contribution is -0.134. The molecule has 1 aliphatic rings. The van der Waals surface area contributed by atoms with Gasteiger partial charge in [0, 0.05) is 19.5 Å². The standard InChI is InChI=1S/C10H19NO/c1-8-5-4-6-11(3)10(12)9(2)7-8/h8-9H,4-7H2,1-3H3. The number of hydrogen-bond donors (Lipinski definition) is 0. The molecule has 0 aromatic carbocycles. The highest BCUT2D eigenvalue weighted by atomic mass is 16.2. The molecule has 0 N–H and O–H groups in total. The van der Waals surface area contributed by atoms with Gasteiger partial charge in [-0.25, -0.2) is 0 Å². The molecule has 0 saturated carbocycles. The molecule has 0 aromatic rings. The topological polar surface area (TPSA) is 20.3 Å². The van der Waals surface area contributed by atoms with Crippen molar-refractivity contribution < 1.29 is 4.79 Å². The number of amides is 1. The Morgan fingerprint density at radius 1 is 1.42 bits per heavy atom. The van der Waals surface area contributed by atoms with Crippen LogP contribution in [0.1, 0.15) is 33.1 Å². The first-order chi connectivity index (χ1) is 5.61. The van der Waals surface area contributed by atoms with Crippen molar-refractivity contribution in [3.8, 4) is 0 Å². The van der Waals surface area contributed by atoms with Gasteiger partial charge in [0.15, 0.2) is 0 Å². The predicted octanol–water partition coefficient (Wildman–Crippen LogP) is 1.90. The van der Waals surface area contributed by atoms with Crippen LogP contribution in [0.5, 0.6) is 0 Å². The number of carbonyl (C=O) groups is 1. The zero-order valence-corrected chi connectivity index (χ0v) is 8.34. The summed E-state index contributed by atoms with van der Waals surface area (Å²) in [5.74, 6) is 1.27. The Morgan fingerprint density at radius 3 is 2.75 bits per heavy atom. The predicted molar refractivity (Wildman–Crippen MR) is 49.8 cm³/mol. The van der Waals surface area contributed by atoms with Gasteiger partial charge in [-0.1, -0.05) is 13.8 Å². The Hall–Kier alpha value is -0.530. The van der Waals surface area contributed by atoms with Gasteiger partial charge < -0.3 is 4.90 Å². The van der Waals surface area contributed by atoms with E-state index in [1.807, 2.05) is 18.9 Å². The molecular weight excluding hydrogens is 150 g/mol. The van der Waals surface area contributed by atoms with Gasteiger partial charge in [0.25, 0.3) is 0 Å². The molecule has 0 bridgehead atoms. The van der Waals surface area contributed by atoms with Crippen LogP contribution in [0.4, 0.5) is 0 Å². The summed E-state index contributed by atoms with van der Waals surface area (Å²) < 4.78 is 0. The van der Waals surface area contributed by atoms with E-state index in [-0.39, 0.29) is 5.92 Å². The molecule has 2 nitrogen and oxygen atoms in total. The van der Waals surface area contributed by atoms with E-state index in [9.17, 15) is 4.79 Å². The molecule has 1 saturated heterocycles. The molecule has 2 heteroatoms. The summed E-state index contributed by atoms with van der Waals surface area (Å²) in [6.07, 6.45) is 3.49. The lowest BCUT2D eigenvalue weighted by Crippen LogP contribution is -2.35. The number of carbonyl (C=O) groups excluding carboxylic acids is 1. The van der Waals surface area contributed by atoms with Gasteiger partial charge in [-0.2, -0.15) is 0 Å². The second-order valence-corrected chi connectivity index (χ2v) is 4.14. The van der Waals surface area contributed by atoms with Crippen molar-refractivity contribution >= 4 is 5.91 Å². The number of likely N-dealkylation sites (tertiary alicyclic amines) is 1. The second-order valence-electron chi connectivity index (χ2n) is 4.14. The van der Waals surface area contributed by atoms with Crippen molar-refractivity contribution in [3.63, 3.8) is 0 Å². The fourth-order valence-electron chi connectivity index (χ4n) is 1.99. The van der Waals surface area contributed by atoms with Gasteiger partial charge in [-0.05, 0) is 25.2 Å². The molecule has 0 aromatic heterocycles. The molecule has 1 fully saturated rings. The van der Waals surface area contributed by atoms with Gasteiger partial charge in [0.05, 0.1) is 0 Å². The second kappa shape index (κ2) is 3.92. The molecule has 1 heterocycles. The van der Waals surface area contributed by atoms with Crippen molar-refractivity contribution in [1.82, 2.24) is 4.90 Å². The first-order valence-corrected chi connectivity index (χ1v) is 4.86. The quantitative estimate of drug-likeness (QED) is 0.542. The Labute approximate surface area is 74.9 Å². The van der Waals surface area contributed by atoms with Gasteiger partial charge in [0.2, 0.25) is 5.91 Å². The van der Waals surface area contributed by atoms with Crippen LogP contribution in [0.15, 0.2) is 0 Å². The van der Waals surface area contributed by atoms with Crippen molar-refractivity contribution in [2.24, 2.45) is 11.8 Å². The fourth-order valence-corrected chi connectivity index (χ4v) is 1.99. The summed E-state index contributed by atoms with van der Waals surface area (Å²) in [7, 11) is 1.91.